The number of hydrogen-bond donors (Lipinski definition) is 1. The largest absolute Gasteiger partial charge is 0.274 e. The average molecular weight is 297 g/mol. The van der Waals surface area contributed by atoms with E-state index in [0.717, 1.165) is 0 Å². The van der Waals surface area contributed by atoms with Gasteiger partial charge < -0.3 is 0 Å². The van der Waals surface area contributed by atoms with Gasteiger partial charge in [-0.2, -0.15) is 0 Å². The summed E-state index contributed by atoms with van der Waals surface area (Å²) in [6, 6.07) is 7.92. The highest BCUT2D eigenvalue weighted by Crippen LogP contribution is 2.32. The zero-order valence-corrected chi connectivity index (χ0v) is 13.5. The normalized spacial score (nSPS) is 14.1. The fourth-order valence-corrected chi connectivity index (χ4v) is 3.58. The van der Waals surface area contributed by atoms with Crippen LogP contribution in [0.2, 0.25) is 0 Å². The SMILES string of the molecule is CC(C)C(C(=O)NS(=O)(=O)c1ccccc1)C(C)(C)C. The van der Waals surface area contributed by atoms with Crippen molar-refractivity contribution >= 4 is 15.9 Å². The molecule has 1 aromatic rings. The van der Waals surface area contributed by atoms with Crippen molar-refractivity contribution in [1.29, 1.82) is 0 Å². The molecule has 1 amide bonds. The highest BCUT2D eigenvalue weighted by Gasteiger charge is 2.35. The lowest BCUT2D eigenvalue weighted by molar-refractivity contribution is -0.128. The van der Waals surface area contributed by atoms with Gasteiger partial charge in [0.2, 0.25) is 5.91 Å². The molecule has 1 aromatic carbocycles. The van der Waals surface area contributed by atoms with Crippen LogP contribution in [0.25, 0.3) is 0 Å². The van der Waals surface area contributed by atoms with Crippen LogP contribution < -0.4 is 4.72 Å². The molecular weight excluding hydrogens is 274 g/mol. The van der Waals surface area contributed by atoms with Crippen LogP contribution in [0.4, 0.5) is 0 Å². The summed E-state index contributed by atoms with van der Waals surface area (Å²) in [5, 5.41) is 0. The second-order valence-electron chi connectivity index (χ2n) is 6.37. The summed E-state index contributed by atoms with van der Waals surface area (Å²) in [6.07, 6.45) is 0. The topological polar surface area (TPSA) is 63.2 Å². The summed E-state index contributed by atoms with van der Waals surface area (Å²) in [5.74, 6) is -0.765. The standard InChI is InChI=1S/C15H23NO3S/c1-11(2)13(15(3,4)5)14(17)16-20(18,19)12-9-7-6-8-10-12/h6-11,13H,1-5H3,(H,16,17). The maximum absolute atomic E-state index is 12.3. The van der Waals surface area contributed by atoms with Gasteiger partial charge >= 0.3 is 0 Å². The van der Waals surface area contributed by atoms with Crippen molar-refractivity contribution in [3.05, 3.63) is 30.3 Å². The zero-order chi connectivity index (χ0) is 15.6. The first kappa shape index (κ1) is 16.7. The van der Waals surface area contributed by atoms with Crippen LogP contribution in [-0.4, -0.2) is 14.3 Å². The minimum absolute atomic E-state index is 0.0565. The number of benzene rings is 1. The lowest BCUT2D eigenvalue weighted by Crippen LogP contribution is -2.43. The Morgan fingerprint density at radius 3 is 2.00 bits per heavy atom. The summed E-state index contributed by atoms with van der Waals surface area (Å²) in [6.45, 7) is 9.65. The van der Waals surface area contributed by atoms with Gasteiger partial charge in [0.05, 0.1) is 4.90 Å². The van der Waals surface area contributed by atoms with Gasteiger partial charge in [0.15, 0.2) is 0 Å². The Balaban J connectivity index is 3.00. The molecule has 1 N–H and O–H groups in total. The van der Waals surface area contributed by atoms with Gasteiger partial charge in [-0.1, -0.05) is 52.8 Å². The van der Waals surface area contributed by atoms with Crippen LogP contribution >= 0.6 is 0 Å². The molecular formula is C15H23NO3S. The Morgan fingerprint density at radius 2 is 1.60 bits per heavy atom. The van der Waals surface area contributed by atoms with Gasteiger partial charge in [0, 0.05) is 5.92 Å². The first-order valence-corrected chi connectivity index (χ1v) is 8.15. The maximum atomic E-state index is 12.3. The summed E-state index contributed by atoms with van der Waals surface area (Å²) in [5.41, 5.74) is -0.301. The number of amides is 1. The molecule has 1 atom stereocenters. The lowest BCUT2D eigenvalue weighted by Gasteiger charge is -2.32. The summed E-state index contributed by atoms with van der Waals surface area (Å²) in [4.78, 5) is 12.4. The van der Waals surface area contributed by atoms with Crippen molar-refractivity contribution in [2.45, 2.75) is 39.5 Å². The Kier molecular flexibility index (Phi) is 4.97. The molecule has 0 aliphatic carbocycles. The molecule has 4 nitrogen and oxygen atoms in total. The molecule has 0 aliphatic heterocycles. The summed E-state index contributed by atoms with van der Waals surface area (Å²) in [7, 11) is -3.80. The number of nitrogens with one attached hydrogen (secondary N) is 1. The summed E-state index contributed by atoms with van der Waals surface area (Å²) < 4.78 is 26.5. The van der Waals surface area contributed by atoms with Crippen molar-refractivity contribution in [2.24, 2.45) is 17.3 Å². The molecule has 0 aromatic heterocycles. The fourth-order valence-electron chi connectivity index (χ4n) is 2.55. The summed E-state index contributed by atoms with van der Waals surface area (Å²) >= 11 is 0. The zero-order valence-electron chi connectivity index (χ0n) is 12.7. The van der Waals surface area contributed by atoms with E-state index in [1.165, 1.54) is 12.1 Å². The first-order valence-electron chi connectivity index (χ1n) is 6.67. The molecule has 0 saturated carbocycles. The molecule has 5 heteroatoms. The third-order valence-corrected chi connectivity index (χ3v) is 4.53. The van der Waals surface area contributed by atoms with Crippen molar-refractivity contribution in [1.82, 2.24) is 4.72 Å². The highest BCUT2D eigenvalue weighted by atomic mass is 32.2. The number of rotatable bonds is 4. The van der Waals surface area contributed by atoms with Crippen LogP contribution in [0.1, 0.15) is 34.6 Å². The predicted molar refractivity (Wildman–Crippen MR) is 79.6 cm³/mol. The highest BCUT2D eigenvalue weighted by molar-refractivity contribution is 7.90. The number of carbonyl (C=O) groups is 1. The van der Waals surface area contributed by atoms with E-state index in [2.05, 4.69) is 4.72 Å². The molecule has 1 rings (SSSR count). The number of hydrogen-bond acceptors (Lipinski definition) is 3. The van der Waals surface area contributed by atoms with Crippen LogP contribution in [0, 0.1) is 17.3 Å². The van der Waals surface area contributed by atoms with Gasteiger partial charge in [0.1, 0.15) is 0 Å². The lowest BCUT2D eigenvalue weighted by atomic mass is 9.74. The second kappa shape index (κ2) is 5.95. The third kappa shape index (κ3) is 4.07. The van der Waals surface area contributed by atoms with E-state index >= 15 is 0 Å². The Morgan fingerprint density at radius 1 is 1.10 bits per heavy atom. The van der Waals surface area contributed by atoms with E-state index in [0.29, 0.717) is 0 Å². The van der Waals surface area contributed by atoms with Crippen LogP contribution in [0.5, 0.6) is 0 Å². The Labute approximate surface area is 121 Å². The molecule has 0 saturated heterocycles. The van der Waals surface area contributed by atoms with Gasteiger partial charge in [0.25, 0.3) is 10.0 Å². The van der Waals surface area contributed by atoms with E-state index in [9.17, 15) is 13.2 Å². The van der Waals surface area contributed by atoms with E-state index in [1.807, 2.05) is 34.6 Å². The van der Waals surface area contributed by atoms with Crippen molar-refractivity contribution in [2.75, 3.05) is 0 Å². The predicted octanol–water partition coefficient (Wildman–Crippen LogP) is 2.81. The Bertz CT molecular complexity index is 557. The van der Waals surface area contributed by atoms with E-state index in [4.69, 9.17) is 0 Å². The monoisotopic (exact) mass is 297 g/mol. The van der Waals surface area contributed by atoms with Crippen LogP contribution in [0.3, 0.4) is 0 Å². The van der Waals surface area contributed by atoms with E-state index < -0.39 is 15.9 Å². The quantitative estimate of drug-likeness (QED) is 0.929. The van der Waals surface area contributed by atoms with E-state index in [-0.39, 0.29) is 22.1 Å². The van der Waals surface area contributed by atoms with Crippen LogP contribution in [0.15, 0.2) is 35.2 Å². The minimum Gasteiger partial charge on any atom is -0.274 e. The third-order valence-electron chi connectivity index (χ3n) is 3.17. The van der Waals surface area contributed by atoms with Crippen molar-refractivity contribution < 1.29 is 13.2 Å². The smallest absolute Gasteiger partial charge is 0.264 e. The van der Waals surface area contributed by atoms with Gasteiger partial charge in [-0.05, 0) is 23.5 Å². The molecule has 112 valence electrons. The minimum atomic E-state index is -3.80. The maximum Gasteiger partial charge on any atom is 0.264 e. The van der Waals surface area contributed by atoms with E-state index in [1.54, 1.807) is 18.2 Å². The molecule has 0 radical (unpaired) electrons. The average Bonchev–Trinajstić information content (AvgIpc) is 2.26. The first-order chi connectivity index (χ1) is 9.05. The molecule has 0 bridgehead atoms. The molecule has 0 fully saturated rings. The van der Waals surface area contributed by atoms with Crippen LogP contribution in [-0.2, 0) is 14.8 Å². The number of sulfonamides is 1. The number of carbonyl (C=O) groups excluding carboxylic acids is 1. The van der Waals surface area contributed by atoms with Gasteiger partial charge in [-0.3, -0.25) is 4.79 Å². The van der Waals surface area contributed by atoms with Crippen molar-refractivity contribution in [3.8, 4) is 0 Å². The van der Waals surface area contributed by atoms with Crippen molar-refractivity contribution in [3.63, 3.8) is 0 Å². The fraction of sp³-hybridized carbons (Fsp3) is 0.533. The molecule has 0 aliphatic rings. The van der Waals surface area contributed by atoms with Gasteiger partial charge in [-0.25, -0.2) is 13.1 Å². The molecule has 0 heterocycles. The Hall–Kier alpha value is -1.36. The molecule has 1 unspecified atom stereocenters. The second-order valence-corrected chi connectivity index (χ2v) is 8.05. The van der Waals surface area contributed by atoms with Gasteiger partial charge in [-0.15, -0.1) is 0 Å². The molecule has 20 heavy (non-hydrogen) atoms. The molecule has 0 spiro atoms.